The van der Waals surface area contributed by atoms with Gasteiger partial charge in [0, 0.05) is 5.92 Å². The van der Waals surface area contributed by atoms with E-state index in [4.69, 9.17) is 0 Å². The van der Waals surface area contributed by atoms with Crippen LogP contribution in [0.5, 0.6) is 0 Å². The fourth-order valence-corrected chi connectivity index (χ4v) is 0.496. The van der Waals surface area contributed by atoms with Gasteiger partial charge >= 0.3 is 0 Å². The van der Waals surface area contributed by atoms with Crippen molar-refractivity contribution in [1.29, 1.82) is 0 Å². The first-order chi connectivity index (χ1) is 4.76. The smallest absolute Gasteiger partial charge is 0.120 e. The molecule has 5 heteroatoms. The predicted molar refractivity (Wildman–Crippen MR) is 35.4 cm³/mol. The molecule has 2 atom stereocenters. The molecule has 0 fully saturated rings. The van der Waals surface area contributed by atoms with E-state index in [-0.39, 0.29) is 6.54 Å². The second kappa shape index (κ2) is 4.96. The average Bonchev–Trinajstić information content (AvgIpc) is 1.99. The Morgan fingerprint density at radius 1 is 1.50 bits per heavy atom. The van der Waals surface area contributed by atoms with E-state index in [9.17, 15) is 14.2 Å². The van der Waals surface area contributed by atoms with Gasteiger partial charge in [-0.15, -0.1) is 0 Å². The van der Waals surface area contributed by atoms with Gasteiger partial charge in [0.25, 0.3) is 0 Å². The molecule has 4 nitrogen and oxygen atoms in total. The van der Waals surface area contributed by atoms with Crippen molar-refractivity contribution in [2.75, 3.05) is 13.2 Å². The highest BCUT2D eigenvalue weighted by molar-refractivity contribution is 4.73. The van der Waals surface area contributed by atoms with Gasteiger partial charge in [0.05, 0.1) is 6.67 Å². The largest absolute Gasteiger partial charge is 0.251 e. The second-order valence-corrected chi connectivity index (χ2v) is 2.12. The van der Waals surface area contributed by atoms with Crippen molar-refractivity contribution in [2.24, 2.45) is 16.3 Å². The highest BCUT2D eigenvalue weighted by atomic mass is 19.1. The van der Waals surface area contributed by atoms with E-state index in [1.807, 2.05) is 0 Å². The molecular formula is C5H9FN2O2. The molecule has 0 aliphatic rings. The Hall–Kier alpha value is -0.870. The molecular weight excluding hydrogens is 139 g/mol. The minimum absolute atomic E-state index is 0.228. The summed E-state index contributed by atoms with van der Waals surface area (Å²) >= 11 is 0. The van der Waals surface area contributed by atoms with Gasteiger partial charge in [-0.25, -0.2) is 0 Å². The molecule has 0 aliphatic carbocycles. The molecule has 2 unspecified atom stereocenters. The summed E-state index contributed by atoms with van der Waals surface area (Å²) in [7, 11) is 0. The van der Waals surface area contributed by atoms with Gasteiger partial charge in [-0.05, 0) is 0 Å². The molecule has 0 aliphatic heterocycles. The summed E-state index contributed by atoms with van der Waals surface area (Å²) in [5.74, 6) is -0.504. The normalized spacial score (nSPS) is 15.8. The third-order valence-electron chi connectivity index (χ3n) is 1.30. The maximum Gasteiger partial charge on any atom is 0.120 e. The molecule has 58 valence electrons. The van der Waals surface area contributed by atoms with Crippen molar-refractivity contribution in [2.45, 2.75) is 13.0 Å². The highest BCUT2D eigenvalue weighted by Crippen LogP contribution is 2.07. The fraction of sp³-hybridized carbons (Fsp3) is 1.00. The van der Waals surface area contributed by atoms with E-state index in [0.29, 0.717) is 0 Å². The Balaban J connectivity index is 3.78. The lowest BCUT2D eigenvalue weighted by atomic mass is 10.1. The zero-order valence-corrected chi connectivity index (χ0v) is 5.66. The summed E-state index contributed by atoms with van der Waals surface area (Å²) in [6.07, 6.45) is 0. The molecule has 0 amide bonds. The van der Waals surface area contributed by atoms with Crippen LogP contribution in [-0.2, 0) is 0 Å². The summed E-state index contributed by atoms with van der Waals surface area (Å²) in [5, 5.41) is 5.03. The summed E-state index contributed by atoms with van der Waals surface area (Å²) in [4.78, 5) is 19.5. The summed E-state index contributed by atoms with van der Waals surface area (Å²) in [5.41, 5.74) is 0. The molecule has 0 saturated carbocycles. The van der Waals surface area contributed by atoms with Crippen LogP contribution < -0.4 is 0 Å². The summed E-state index contributed by atoms with van der Waals surface area (Å²) < 4.78 is 11.8. The molecule has 0 aromatic heterocycles. The lowest BCUT2D eigenvalue weighted by molar-refractivity contribution is 0.338. The van der Waals surface area contributed by atoms with Crippen LogP contribution in [0.2, 0.25) is 0 Å². The van der Waals surface area contributed by atoms with E-state index in [1.54, 1.807) is 0 Å². The molecule has 0 heterocycles. The van der Waals surface area contributed by atoms with Crippen LogP contribution in [0.4, 0.5) is 4.39 Å². The molecule has 0 N–H and O–H groups in total. The monoisotopic (exact) mass is 148 g/mol. The standard InChI is InChI=1S/C5H9FN2O2/c1-4(2-6)5(8-10)3-7-9/h4-5H,2-3H2,1H3. The van der Waals surface area contributed by atoms with Crippen molar-refractivity contribution in [3.05, 3.63) is 9.81 Å². The lowest BCUT2D eigenvalue weighted by Gasteiger charge is -2.08. The molecule has 10 heavy (non-hydrogen) atoms. The van der Waals surface area contributed by atoms with Crippen LogP contribution in [-0.4, -0.2) is 19.3 Å². The van der Waals surface area contributed by atoms with Crippen molar-refractivity contribution in [3.8, 4) is 0 Å². The Kier molecular flexibility index (Phi) is 4.53. The number of nitroso groups, excluding NO2 is 2. The van der Waals surface area contributed by atoms with Crippen molar-refractivity contribution in [3.63, 3.8) is 0 Å². The second-order valence-electron chi connectivity index (χ2n) is 2.12. The van der Waals surface area contributed by atoms with Gasteiger partial charge in [0.1, 0.15) is 12.6 Å². The summed E-state index contributed by atoms with van der Waals surface area (Å²) in [6, 6.07) is -0.803. The zero-order chi connectivity index (χ0) is 7.98. The topological polar surface area (TPSA) is 58.9 Å². The van der Waals surface area contributed by atoms with Crippen LogP contribution in [0, 0.1) is 15.7 Å². The molecule has 0 aromatic rings. The van der Waals surface area contributed by atoms with Gasteiger partial charge in [-0.2, -0.15) is 9.81 Å². The molecule has 0 rings (SSSR count). The summed E-state index contributed by atoms with van der Waals surface area (Å²) in [6.45, 7) is 0.637. The Morgan fingerprint density at radius 2 is 2.10 bits per heavy atom. The third kappa shape index (κ3) is 2.61. The van der Waals surface area contributed by atoms with Crippen LogP contribution in [0.25, 0.3) is 0 Å². The molecule has 0 saturated heterocycles. The van der Waals surface area contributed by atoms with Crippen LogP contribution in [0.15, 0.2) is 10.4 Å². The molecule has 0 radical (unpaired) electrons. The van der Waals surface area contributed by atoms with Crippen LogP contribution in [0.3, 0.4) is 0 Å². The number of halogens is 1. The first kappa shape index (κ1) is 9.13. The van der Waals surface area contributed by atoms with Crippen molar-refractivity contribution in [1.82, 2.24) is 0 Å². The highest BCUT2D eigenvalue weighted by Gasteiger charge is 2.17. The van der Waals surface area contributed by atoms with Crippen LogP contribution >= 0.6 is 0 Å². The van der Waals surface area contributed by atoms with E-state index in [0.717, 1.165) is 0 Å². The minimum Gasteiger partial charge on any atom is -0.251 e. The quantitative estimate of drug-likeness (QED) is 0.554. The van der Waals surface area contributed by atoms with Gasteiger partial charge < -0.3 is 0 Å². The number of hydrogen-bond donors (Lipinski definition) is 0. The number of rotatable bonds is 5. The Labute approximate surface area is 57.8 Å². The minimum atomic E-state index is -0.803. The predicted octanol–water partition coefficient (Wildman–Crippen LogP) is 1.49. The average molecular weight is 148 g/mol. The van der Waals surface area contributed by atoms with Crippen molar-refractivity contribution < 1.29 is 4.39 Å². The van der Waals surface area contributed by atoms with Gasteiger partial charge in [0.2, 0.25) is 0 Å². The van der Waals surface area contributed by atoms with E-state index in [2.05, 4.69) is 10.4 Å². The van der Waals surface area contributed by atoms with Gasteiger partial charge in [0.15, 0.2) is 0 Å². The third-order valence-corrected chi connectivity index (χ3v) is 1.30. The zero-order valence-electron chi connectivity index (χ0n) is 5.66. The van der Waals surface area contributed by atoms with E-state index < -0.39 is 18.6 Å². The first-order valence-corrected chi connectivity index (χ1v) is 2.93. The lowest BCUT2D eigenvalue weighted by Crippen LogP contribution is -2.19. The van der Waals surface area contributed by atoms with E-state index >= 15 is 0 Å². The Morgan fingerprint density at radius 3 is 2.40 bits per heavy atom. The SMILES string of the molecule is CC(CF)C(CN=O)N=O. The van der Waals surface area contributed by atoms with Crippen molar-refractivity contribution >= 4 is 0 Å². The molecule has 0 bridgehead atoms. The first-order valence-electron chi connectivity index (χ1n) is 2.93. The maximum absolute atomic E-state index is 11.8. The van der Waals surface area contributed by atoms with E-state index in [1.165, 1.54) is 6.92 Å². The molecule has 0 aromatic carbocycles. The number of hydrogen-bond acceptors (Lipinski definition) is 4. The van der Waals surface area contributed by atoms with Gasteiger partial charge in [-0.3, -0.25) is 4.39 Å². The van der Waals surface area contributed by atoms with Crippen LogP contribution in [0.1, 0.15) is 6.92 Å². The van der Waals surface area contributed by atoms with Gasteiger partial charge in [-0.1, -0.05) is 17.3 Å². The maximum atomic E-state index is 11.8. The number of alkyl halides is 1. The number of nitrogens with zero attached hydrogens (tertiary/aromatic N) is 2. The Bertz CT molecular complexity index is 120. The molecule has 0 spiro atoms. The fourth-order valence-electron chi connectivity index (χ4n) is 0.496.